The van der Waals surface area contributed by atoms with Crippen LogP contribution in [-0.4, -0.2) is 48.1 Å². The predicted octanol–water partition coefficient (Wildman–Crippen LogP) is 1.34. The van der Waals surface area contributed by atoms with Gasteiger partial charge in [-0.1, -0.05) is 13.0 Å². The molecule has 1 aromatic carbocycles. The quantitative estimate of drug-likeness (QED) is 0.826. The summed E-state index contributed by atoms with van der Waals surface area (Å²) in [7, 11) is -2.49. The fraction of sp³-hybridized carbons (Fsp3) is 0.500. The van der Waals surface area contributed by atoms with Gasteiger partial charge in [0.1, 0.15) is 0 Å². The Balaban J connectivity index is 3.26. The normalized spacial score (nSPS) is 12.7. The van der Waals surface area contributed by atoms with Gasteiger partial charge in [0.05, 0.1) is 16.1 Å². The average Bonchev–Trinajstić information content (AvgIpc) is 2.35. The number of carboxylic acids is 1. The van der Waals surface area contributed by atoms with Crippen molar-refractivity contribution < 1.29 is 23.4 Å². The van der Waals surface area contributed by atoms with Crippen molar-refractivity contribution in [3.8, 4) is 0 Å². The molecule has 0 amide bonds. The van der Waals surface area contributed by atoms with Crippen molar-refractivity contribution in [2.75, 3.05) is 13.6 Å². The second-order valence-electron chi connectivity index (χ2n) is 5.55. The number of carboxylic acid groups (broad SMARTS) is 1. The second-order valence-corrected chi connectivity index (χ2v) is 7.60. The van der Waals surface area contributed by atoms with E-state index in [1.165, 1.54) is 33.0 Å². The minimum atomic E-state index is -3.84. The number of rotatable bonds is 6. The molecular weight excluding hydrogens is 294 g/mol. The van der Waals surface area contributed by atoms with Crippen LogP contribution < -0.4 is 0 Å². The van der Waals surface area contributed by atoms with Gasteiger partial charge in [-0.05, 0) is 38.0 Å². The van der Waals surface area contributed by atoms with Crippen molar-refractivity contribution in [3.05, 3.63) is 29.3 Å². The van der Waals surface area contributed by atoms with Gasteiger partial charge < -0.3 is 10.2 Å². The SMILES string of the molecule is CCc1ccc(S(=O)(=O)N(C)CC(C)(C)O)cc1C(=O)O. The average molecular weight is 315 g/mol. The molecule has 0 saturated heterocycles. The topological polar surface area (TPSA) is 94.9 Å². The summed E-state index contributed by atoms with van der Waals surface area (Å²) in [6.07, 6.45) is 0.501. The van der Waals surface area contributed by atoms with Gasteiger partial charge in [-0.25, -0.2) is 13.2 Å². The highest BCUT2D eigenvalue weighted by atomic mass is 32.2. The van der Waals surface area contributed by atoms with Gasteiger partial charge >= 0.3 is 5.97 Å². The fourth-order valence-corrected chi connectivity index (χ4v) is 3.39. The van der Waals surface area contributed by atoms with Crippen LogP contribution in [0, 0.1) is 0 Å². The van der Waals surface area contributed by atoms with E-state index in [4.69, 9.17) is 5.11 Å². The Morgan fingerprint density at radius 1 is 1.33 bits per heavy atom. The molecule has 0 spiro atoms. The molecule has 6 nitrogen and oxygen atoms in total. The van der Waals surface area contributed by atoms with Crippen LogP contribution in [0.25, 0.3) is 0 Å². The van der Waals surface area contributed by atoms with Gasteiger partial charge in [-0.2, -0.15) is 4.31 Å². The summed E-state index contributed by atoms with van der Waals surface area (Å²) in [4.78, 5) is 11.1. The first-order valence-electron chi connectivity index (χ1n) is 6.54. The summed E-state index contributed by atoms with van der Waals surface area (Å²) in [5.41, 5.74) is -0.623. The van der Waals surface area contributed by atoms with Crippen LogP contribution in [0.3, 0.4) is 0 Å². The van der Waals surface area contributed by atoms with E-state index in [0.717, 1.165) is 10.4 Å². The summed E-state index contributed by atoms with van der Waals surface area (Å²) < 4.78 is 25.8. The van der Waals surface area contributed by atoms with Crippen LogP contribution in [0.4, 0.5) is 0 Å². The molecule has 0 saturated carbocycles. The molecule has 0 radical (unpaired) electrons. The zero-order valence-electron chi connectivity index (χ0n) is 12.6. The number of likely N-dealkylation sites (N-methyl/N-ethyl adjacent to an activating group) is 1. The first kappa shape index (κ1) is 17.6. The number of aliphatic hydroxyl groups is 1. The second kappa shape index (κ2) is 6.13. The maximum atomic E-state index is 12.4. The van der Waals surface area contributed by atoms with Gasteiger partial charge in [-0.3, -0.25) is 0 Å². The van der Waals surface area contributed by atoms with Crippen LogP contribution in [0.5, 0.6) is 0 Å². The van der Waals surface area contributed by atoms with E-state index >= 15 is 0 Å². The summed E-state index contributed by atoms with van der Waals surface area (Å²) in [6, 6.07) is 4.06. The fourth-order valence-electron chi connectivity index (χ4n) is 2.03. The molecule has 2 N–H and O–H groups in total. The van der Waals surface area contributed by atoms with Crippen LogP contribution >= 0.6 is 0 Å². The number of hydrogen-bond donors (Lipinski definition) is 2. The molecule has 1 aromatic rings. The molecule has 1 rings (SSSR count). The molecule has 0 aliphatic rings. The van der Waals surface area contributed by atoms with E-state index in [1.807, 2.05) is 0 Å². The van der Waals surface area contributed by atoms with Gasteiger partial charge in [0, 0.05) is 13.6 Å². The zero-order valence-corrected chi connectivity index (χ0v) is 13.4. The standard InChI is InChI=1S/C14H21NO5S/c1-5-10-6-7-11(8-12(10)13(16)17)21(19,20)15(4)9-14(2,3)18/h6-8,18H,5,9H2,1-4H3,(H,16,17). The van der Waals surface area contributed by atoms with Crippen LogP contribution in [0.1, 0.15) is 36.7 Å². The van der Waals surface area contributed by atoms with Crippen molar-refractivity contribution in [2.45, 2.75) is 37.7 Å². The molecule has 7 heteroatoms. The molecule has 0 aromatic heterocycles. The minimum absolute atomic E-state index is 0.0183. The number of nitrogens with zero attached hydrogens (tertiary/aromatic N) is 1. The summed E-state index contributed by atoms with van der Waals surface area (Å²) >= 11 is 0. The lowest BCUT2D eigenvalue weighted by Crippen LogP contribution is -2.39. The summed E-state index contributed by atoms with van der Waals surface area (Å²) in [5.74, 6) is -1.16. The number of hydrogen-bond acceptors (Lipinski definition) is 4. The summed E-state index contributed by atoms with van der Waals surface area (Å²) in [5, 5.41) is 18.9. The molecule has 0 heterocycles. The highest BCUT2D eigenvalue weighted by Crippen LogP contribution is 2.21. The molecule has 0 bridgehead atoms. The molecular formula is C14H21NO5S. The van der Waals surface area contributed by atoms with Crippen molar-refractivity contribution in [2.24, 2.45) is 0 Å². The Kier molecular flexibility index (Phi) is 5.14. The Labute approximate surface area is 125 Å². The monoisotopic (exact) mass is 315 g/mol. The molecule has 0 aliphatic carbocycles. The van der Waals surface area contributed by atoms with E-state index in [-0.39, 0.29) is 17.0 Å². The van der Waals surface area contributed by atoms with E-state index < -0.39 is 21.6 Å². The van der Waals surface area contributed by atoms with Crippen LogP contribution in [-0.2, 0) is 16.4 Å². The molecule has 0 fully saturated rings. The van der Waals surface area contributed by atoms with E-state index in [0.29, 0.717) is 12.0 Å². The predicted molar refractivity (Wildman–Crippen MR) is 78.9 cm³/mol. The first-order valence-corrected chi connectivity index (χ1v) is 7.98. The van der Waals surface area contributed by atoms with E-state index in [9.17, 15) is 18.3 Å². The van der Waals surface area contributed by atoms with Gasteiger partial charge in [0.15, 0.2) is 0 Å². The Bertz CT molecular complexity index is 631. The Morgan fingerprint density at radius 2 is 1.90 bits per heavy atom. The molecule has 21 heavy (non-hydrogen) atoms. The van der Waals surface area contributed by atoms with Crippen molar-refractivity contribution in [1.29, 1.82) is 0 Å². The lowest BCUT2D eigenvalue weighted by atomic mass is 10.1. The highest BCUT2D eigenvalue weighted by molar-refractivity contribution is 7.89. The lowest BCUT2D eigenvalue weighted by molar-refractivity contribution is 0.0638. The molecule has 0 unspecified atom stereocenters. The lowest BCUT2D eigenvalue weighted by Gasteiger charge is -2.25. The first-order chi connectivity index (χ1) is 9.49. The Hall–Kier alpha value is -1.44. The van der Waals surface area contributed by atoms with E-state index in [1.54, 1.807) is 6.92 Å². The number of sulfonamides is 1. The van der Waals surface area contributed by atoms with Gasteiger partial charge in [0.2, 0.25) is 10.0 Å². The van der Waals surface area contributed by atoms with Crippen molar-refractivity contribution in [3.63, 3.8) is 0 Å². The van der Waals surface area contributed by atoms with E-state index in [2.05, 4.69) is 0 Å². The maximum absolute atomic E-state index is 12.4. The molecule has 0 aliphatic heterocycles. The van der Waals surface area contributed by atoms with Crippen LogP contribution in [0.15, 0.2) is 23.1 Å². The molecule has 0 atom stereocenters. The largest absolute Gasteiger partial charge is 0.478 e. The van der Waals surface area contributed by atoms with Gasteiger partial charge in [-0.15, -0.1) is 0 Å². The highest BCUT2D eigenvalue weighted by Gasteiger charge is 2.27. The van der Waals surface area contributed by atoms with Crippen molar-refractivity contribution in [1.82, 2.24) is 4.31 Å². The minimum Gasteiger partial charge on any atom is -0.478 e. The van der Waals surface area contributed by atoms with Crippen molar-refractivity contribution >= 4 is 16.0 Å². The molecule has 118 valence electrons. The number of benzene rings is 1. The number of aromatic carboxylic acids is 1. The Morgan fingerprint density at radius 3 is 2.33 bits per heavy atom. The summed E-state index contributed by atoms with van der Waals surface area (Å²) in [6.45, 7) is 4.72. The third kappa shape index (κ3) is 4.26. The maximum Gasteiger partial charge on any atom is 0.336 e. The third-order valence-corrected chi connectivity index (χ3v) is 4.81. The van der Waals surface area contributed by atoms with Crippen LogP contribution in [0.2, 0.25) is 0 Å². The number of carbonyl (C=O) groups is 1. The number of aryl methyl sites for hydroxylation is 1. The van der Waals surface area contributed by atoms with Gasteiger partial charge in [0.25, 0.3) is 0 Å². The third-order valence-electron chi connectivity index (χ3n) is 3.01. The zero-order chi connectivity index (χ0) is 16.4. The smallest absolute Gasteiger partial charge is 0.336 e.